The number of ether oxygens (including phenoxy) is 2. The molecule has 2 rings (SSSR count). The summed E-state index contributed by atoms with van der Waals surface area (Å²) in [6, 6.07) is 0. The molecule has 1 N–H and O–H groups in total. The van der Waals surface area contributed by atoms with Gasteiger partial charge in [0.2, 0.25) is 0 Å². The van der Waals surface area contributed by atoms with Gasteiger partial charge >= 0.3 is 0 Å². The van der Waals surface area contributed by atoms with Gasteiger partial charge in [0.05, 0.1) is 19.2 Å². The van der Waals surface area contributed by atoms with Crippen molar-refractivity contribution < 1.29 is 14.6 Å². The molecule has 94 valence electrons. The fourth-order valence-corrected chi connectivity index (χ4v) is 2.84. The van der Waals surface area contributed by atoms with Gasteiger partial charge in [0.1, 0.15) is 0 Å². The highest BCUT2D eigenvalue weighted by Crippen LogP contribution is 2.30. The van der Waals surface area contributed by atoms with Gasteiger partial charge in [-0.15, -0.1) is 0 Å². The van der Waals surface area contributed by atoms with E-state index in [0.29, 0.717) is 5.92 Å². The van der Waals surface area contributed by atoms with Crippen LogP contribution in [0.5, 0.6) is 0 Å². The van der Waals surface area contributed by atoms with Crippen molar-refractivity contribution in [3.63, 3.8) is 0 Å². The molecule has 1 saturated carbocycles. The summed E-state index contributed by atoms with van der Waals surface area (Å²) in [4.78, 5) is 2.31. The van der Waals surface area contributed by atoms with E-state index in [1.54, 1.807) is 14.2 Å². The molecule has 4 nitrogen and oxygen atoms in total. The maximum atomic E-state index is 9.89. The smallest absolute Gasteiger partial charge is 0.193 e. The number of rotatable bonds is 4. The van der Waals surface area contributed by atoms with E-state index in [9.17, 15) is 5.11 Å². The SMILES string of the molecule is COC1(OC)CN(CC2CCCCC2O)C1. The van der Waals surface area contributed by atoms with Crippen LogP contribution in [0.2, 0.25) is 0 Å². The highest BCUT2D eigenvalue weighted by Gasteiger charge is 2.44. The van der Waals surface area contributed by atoms with E-state index in [2.05, 4.69) is 4.90 Å². The monoisotopic (exact) mass is 229 g/mol. The van der Waals surface area contributed by atoms with Gasteiger partial charge < -0.3 is 14.6 Å². The predicted molar refractivity (Wildman–Crippen MR) is 61.2 cm³/mol. The maximum Gasteiger partial charge on any atom is 0.193 e. The lowest BCUT2D eigenvalue weighted by atomic mass is 9.85. The topological polar surface area (TPSA) is 41.9 Å². The third-order valence-electron chi connectivity index (χ3n) is 4.03. The summed E-state index contributed by atoms with van der Waals surface area (Å²) < 4.78 is 10.7. The Kier molecular flexibility index (Phi) is 3.85. The summed E-state index contributed by atoms with van der Waals surface area (Å²) in [7, 11) is 3.38. The minimum Gasteiger partial charge on any atom is -0.393 e. The second-order valence-corrected chi connectivity index (χ2v) is 5.10. The highest BCUT2D eigenvalue weighted by molar-refractivity contribution is 4.91. The molecule has 2 aliphatic rings. The molecule has 2 fully saturated rings. The molecule has 2 unspecified atom stereocenters. The molecule has 4 heteroatoms. The molecular weight excluding hydrogens is 206 g/mol. The van der Waals surface area contributed by atoms with Gasteiger partial charge in [-0.2, -0.15) is 0 Å². The van der Waals surface area contributed by atoms with Crippen LogP contribution in [0, 0.1) is 5.92 Å². The number of likely N-dealkylation sites (tertiary alicyclic amines) is 1. The molecular formula is C12H23NO3. The molecule has 1 aliphatic heterocycles. The number of aliphatic hydroxyl groups excluding tert-OH is 1. The van der Waals surface area contributed by atoms with Crippen LogP contribution in [0.15, 0.2) is 0 Å². The number of nitrogens with zero attached hydrogens (tertiary/aromatic N) is 1. The zero-order chi connectivity index (χ0) is 11.6. The first-order valence-electron chi connectivity index (χ1n) is 6.20. The van der Waals surface area contributed by atoms with Crippen LogP contribution >= 0.6 is 0 Å². The van der Waals surface area contributed by atoms with Crippen LogP contribution < -0.4 is 0 Å². The second-order valence-electron chi connectivity index (χ2n) is 5.10. The summed E-state index contributed by atoms with van der Waals surface area (Å²) in [5.74, 6) is 0.0556. The van der Waals surface area contributed by atoms with Crippen LogP contribution in [0.25, 0.3) is 0 Å². The molecule has 1 aliphatic carbocycles. The van der Waals surface area contributed by atoms with Crippen molar-refractivity contribution in [1.29, 1.82) is 0 Å². The number of aliphatic hydroxyl groups is 1. The Morgan fingerprint density at radius 1 is 1.19 bits per heavy atom. The molecule has 1 saturated heterocycles. The van der Waals surface area contributed by atoms with Gasteiger partial charge in [-0.3, -0.25) is 4.90 Å². The summed E-state index contributed by atoms with van der Waals surface area (Å²) in [5.41, 5.74) is 0. The van der Waals surface area contributed by atoms with Crippen molar-refractivity contribution in [2.75, 3.05) is 33.9 Å². The van der Waals surface area contributed by atoms with Gasteiger partial charge in [-0.1, -0.05) is 12.8 Å². The van der Waals surface area contributed by atoms with E-state index >= 15 is 0 Å². The summed E-state index contributed by atoms with van der Waals surface area (Å²) >= 11 is 0. The molecule has 0 spiro atoms. The fraction of sp³-hybridized carbons (Fsp3) is 1.00. The number of methoxy groups -OCH3 is 2. The van der Waals surface area contributed by atoms with Crippen molar-refractivity contribution in [3.05, 3.63) is 0 Å². The molecule has 16 heavy (non-hydrogen) atoms. The van der Waals surface area contributed by atoms with Crippen LogP contribution in [-0.4, -0.2) is 55.8 Å². The van der Waals surface area contributed by atoms with Crippen molar-refractivity contribution in [2.45, 2.75) is 37.6 Å². The minimum absolute atomic E-state index is 0.103. The zero-order valence-electron chi connectivity index (χ0n) is 10.3. The molecule has 0 aromatic rings. The fourth-order valence-electron chi connectivity index (χ4n) is 2.84. The van der Waals surface area contributed by atoms with Gasteiger partial charge in [-0.05, 0) is 18.8 Å². The molecule has 0 aromatic carbocycles. The van der Waals surface area contributed by atoms with E-state index in [4.69, 9.17) is 9.47 Å². The molecule has 0 radical (unpaired) electrons. The first-order chi connectivity index (χ1) is 7.69. The Hall–Kier alpha value is -0.160. The Bertz CT molecular complexity index is 222. The van der Waals surface area contributed by atoms with E-state index in [1.807, 2.05) is 0 Å². The first kappa shape index (κ1) is 12.3. The Morgan fingerprint density at radius 3 is 2.38 bits per heavy atom. The van der Waals surface area contributed by atoms with Gasteiger partial charge in [0.25, 0.3) is 0 Å². The minimum atomic E-state index is -0.389. The Labute approximate surface area is 97.5 Å². The molecule has 2 atom stereocenters. The van der Waals surface area contributed by atoms with Gasteiger partial charge in [0, 0.05) is 20.8 Å². The maximum absolute atomic E-state index is 9.89. The van der Waals surface area contributed by atoms with E-state index < -0.39 is 0 Å². The quantitative estimate of drug-likeness (QED) is 0.725. The van der Waals surface area contributed by atoms with Crippen molar-refractivity contribution in [3.8, 4) is 0 Å². The van der Waals surface area contributed by atoms with Crippen LogP contribution in [0.1, 0.15) is 25.7 Å². The third kappa shape index (κ3) is 2.40. The lowest BCUT2D eigenvalue weighted by Crippen LogP contribution is -2.65. The normalized spacial score (nSPS) is 34.7. The Balaban J connectivity index is 1.76. The lowest BCUT2D eigenvalue weighted by molar-refractivity contribution is -0.277. The van der Waals surface area contributed by atoms with Crippen LogP contribution in [0.3, 0.4) is 0 Å². The summed E-state index contributed by atoms with van der Waals surface area (Å²) in [6.07, 6.45) is 4.46. The van der Waals surface area contributed by atoms with Gasteiger partial charge in [0.15, 0.2) is 5.79 Å². The standard InChI is InChI=1S/C12H23NO3/c1-15-12(16-2)8-13(9-12)7-10-5-3-4-6-11(10)14/h10-11,14H,3-9H2,1-2H3. The second kappa shape index (κ2) is 5.00. The van der Waals surface area contributed by atoms with E-state index in [1.165, 1.54) is 12.8 Å². The van der Waals surface area contributed by atoms with Gasteiger partial charge in [-0.25, -0.2) is 0 Å². The van der Waals surface area contributed by atoms with Crippen molar-refractivity contribution >= 4 is 0 Å². The molecule has 0 aromatic heterocycles. The average molecular weight is 229 g/mol. The van der Waals surface area contributed by atoms with E-state index in [0.717, 1.165) is 32.5 Å². The van der Waals surface area contributed by atoms with Crippen LogP contribution in [-0.2, 0) is 9.47 Å². The van der Waals surface area contributed by atoms with E-state index in [-0.39, 0.29) is 11.9 Å². The molecule has 0 bridgehead atoms. The average Bonchev–Trinajstić information content (AvgIpc) is 2.25. The number of hydrogen-bond donors (Lipinski definition) is 1. The lowest BCUT2D eigenvalue weighted by Gasteiger charge is -2.49. The Morgan fingerprint density at radius 2 is 1.81 bits per heavy atom. The van der Waals surface area contributed by atoms with Crippen molar-refractivity contribution in [2.24, 2.45) is 5.92 Å². The van der Waals surface area contributed by atoms with Crippen LogP contribution in [0.4, 0.5) is 0 Å². The number of hydrogen-bond acceptors (Lipinski definition) is 4. The third-order valence-corrected chi connectivity index (χ3v) is 4.03. The molecule has 1 heterocycles. The highest BCUT2D eigenvalue weighted by atomic mass is 16.7. The summed E-state index contributed by atoms with van der Waals surface area (Å²) in [5, 5.41) is 9.89. The predicted octanol–water partition coefficient (Wildman–Crippen LogP) is 0.842. The molecule has 0 amide bonds. The largest absolute Gasteiger partial charge is 0.393 e. The zero-order valence-corrected chi connectivity index (χ0v) is 10.3. The van der Waals surface area contributed by atoms with Crippen molar-refractivity contribution in [1.82, 2.24) is 4.90 Å². The first-order valence-corrected chi connectivity index (χ1v) is 6.20. The summed E-state index contributed by atoms with van der Waals surface area (Å²) in [6.45, 7) is 2.63.